The monoisotopic (exact) mass is 261 g/mol. The van der Waals surface area contributed by atoms with Gasteiger partial charge in [-0.1, -0.05) is 6.07 Å². The van der Waals surface area contributed by atoms with Gasteiger partial charge in [-0.15, -0.1) is 0 Å². The molecule has 1 fully saturated rings. The molecule has 1 atom stereocenters. The molecule has 19 heavy (non-hydrogen) atoms. The summed E-state index contributed by atoms with van der Waals surface area (Å²) in [5.74, 6) is 0.245. The van der Waals surface area contributed by atoms with Crippen LogP contribution in [0.2, 0.25) is 0 Å². The zero-order valence-electron chi connectivity index (χ0n) is 11.3. The smallest absolute Gasteiger partial charge is 0.140 e. The normalized spacial score (nSPS) is 20.2. The van der Waals surface area contributed by atoms with Gasteiger partial charge < -0.3 is 10.2 Å². The molecule has 1 saturated heterocycles. The van der Waals surface area contributed by atoms with Gasteiger partial charge in [0, 0.05) is 13.1 Å². The Labute approximate surface area is 114 Å². The van der Waals surface area contributed by atoms with E-state index in [2.05, 4.69) is 17.3 Å². The minimum absolute atomic E-state index is 0.122. The summed E-state index contributed by atoms with van der Waals surface area (Å²) in [4.78, 5) is 2.36. The molecule has 0 saturated carbocycles. The van der Waals surface area contributed by atoms with Crippen molar-refractivity contribution in [2.75, 3.05) is 26.7 Å². The average Bonchev–Trinajstić information content (AvgIpc) is 2.41. The molecule has 1 unspecified atom stereocenters. The van der Waals surface area contributed by atoms with E-state index >= 15 is 0 Å². The SMILES string of the molecule is CN1CCCC(CNCc2ccc(F)c(C#N)c2)C1. The van der Waals surface area contributed by atoms with E-state index in [1.807, 2.05) is 6.07 Å². The predicted molar refractivity (Wildman–Crippen MR) is 73.0 cm³/mol. The van der Waals surface area contributed by atoms with Gasteiger partial charge in [0.25, 0.3) is 0 Å². The minimum Gasteiger partial charge on any atom is -0.312 e. The second kappa shape index (κ2) is 6.65. The molecule has 4 heteroatoms. The lowest BCUT2D eigenvalue weighted by molar-refractivity contribution is 0.206. The number of piperidine rings is 1. The standard InChI is InChI=1S/C15H20FN3/c1-19-6-2-3-13(11-19)10-18-9-12-4-5-15(16)14(7-12)8-17/h4-5,7,13,18H,2-3,6,9-11H2,1H3. The molecule has 1 aliphatic rings. The number of halogens is 1. The van der Waals surface area contributed by atoms with Crippen molar-refractivity contribution in [1.82, 2.24) is 10.2 Å². The molecule has 1 aliphatic heterocycles. The van der Waals surface area contributed by atoms with Crippen LogP contribution in [0.25, 0.3) is 0 Å². The number of likely N-dealkylation sites (tertiary alicyclic amines) is 1. The Morgan fingerprint density at radius 1 is 1.53 bits per heavy atom. The van der Waals surface area contributed by atoms with Crippen LogP contribution in [0.15, 0.2) is 18.2 Å². The van der Waals surface area contributed by atoms with Crippen molar-refractivity contribution in [2.24, 2.45) is 5.92 Å². The van der Waals surface area contributed by atoms with Gasteiger partial charge in [-0.05, 0) is 56.6 Å². The van der Waals surface area contributed by atoms with E-state index in [-0.39, 0.29) is 5.56 Å². The van der Waals surface area contributed by atoms with Crippen LogP contribution in [0.5, 0.6) is 0 Å². The molecule has 0 aromatic heterocycles. The second-order valence-corrected chi connectivity index (χ2v) is 5.33. The predicted octanol–water partition coefficient (Wildman–Crippen LogP) is 2.13. The maximum atomic E-state index is 13.2. The number of hydrogen-bond acceptors (Lipinski definition) is 3. The Balaban J connectivity index is 1.81. The topological polar surface area (TPSA) is 39.1 Å². The lowest BCUT2D eigenvalue weighted by Gasteiger charge is -2.29. The quantitative estimate of drug-likeness (QED) is 0.902. The summed E-state index contributed by atoms with van der Waals surface area (Å²) in [6.45, 7) is 4.00. The van der Waals surface area contributed by atoms with Crippen LogP contribution in [-0.4, -0.2) is 31.6 Å². The first-order chi connectivity index (χ1) is 9.19. The summed E-state index contributed by atoms with van der Waals surface area (Å²) in [6, 6.07) is 6.59. The van der Waals surface area contributed by atoms with Gasteiger partial charge in [-0.25, -0.2) is 4.39 Å². The summed E-state index contributed by atoms with van der Waals surface area (Å²) < 4.78 is 13.2. The van der Waals surface area contributed by atoms with E-state index in [0.29, 0.717) is 12.5 Å². The fourth-order valence-electron chi connectivity index (χ4n) is 2.63. The molecule has 0 radical (unpaired) electrons. The molecule has 3 nitrogen and oxygen atoms in total. The highest BCUT2D eigenvalue weighted by molar-refractivity contribution is 5.34. The van der Waals surface area contributed by atoms with E-state index in [0.717, 1.165) is 18.7 Å². The van der Waals surface area contributed by atoms with E-state index in [1.165, 1.54) is 25.5 Å². The van der Waals surface area contributed by atoms with Gasteiger partial charge in [-0.3, -0.25) is 0 Å². The maximum Gasteiger partial charge on any atom is 0.140 e. The zero-order chi connectivity index (χ0) is 13.7. The Bertz CT molecular complexity index is 467. The molecule has 0 spiro atoms. The largest absolute Gasteiger partial charge is 0.312 e. The van der Waals surface area contributed by atoms with E-state index in [4.69, 9.17) is 5.26 Å². The highest BCUT2D eigenvalue weighted by atomic mass is 19.1. The van der Waals surface area contributed by atoms with Crippen LogP contribution in [0.3, 0.4) is 0 Å². The van der Waals surface area contributed by atoms with Gasteiger partial charge >= 0.3 is 0 Å². The summed E-state index contributed by atoms with van der Waals surface area (Å²) >= 11 is 0. The number of rotatable bonds is 4. The third kappa shape index (κ3) is 4.02. The fraction of sp³-hybridized carbons (Fsp3) is 0.533. The van der Waals surface area contributed by atoms with Crippen molar-refractivity contribution < 1.29 is 4.39 Å². The molecule has 1 aromatic carbocycles. The van der Waals surface area contributed by atoms with E-state index in [9.17, 15) is 4.39 Å². The van der Waals surface area contributed by atoms with Gasteiger partial charge in [0.1, 0.15) is 11.9 Å². The van der Waals surface area contributed by atoms with Crippen LogP contribution in [-0.2, 0) is 6.54 Å². The van der Waals surface area contributed by atoms with Crippen LogP contribution < -0.4 is 5.32 Å². The number of nitrogens with one attached hydrogen (secondary N) is 1. The van der Waals surface area contributed by atoms with E-state index in [1.54, 1.807) is 12.1 Å². The van der Waals surface area contributed by atoms with Crippen LogP contribution >= 0.6 is 0 Å². The molecule has 1 aromatic rings. The molecule has 0 bridgehead atoms. The maximum absolute atomic E-state index is 13.2. The van der Waals surface area contributed by atoms with Crippen molar-refractivity contribution >= 4 is 0 Å². The molecule has 1 N–H and O–H groups in total. The highest BCUT2D eigenvalue weighted by Gasteiger charge is 2.16. The lowest BCUT2D eigenvalue weighted by Crippen LogP contribution is -2.37. The molecule has 0 aliphatic carbocycles. The molecule has 2 rings (SSSR count). The van der Waals surface area contributed by atoms with Crippen molar-refractivity contribution in [3.63, 3.8) is 0 Å². The number of benzene rings is 1. The molecule has 0 amide bonds. The first-order valence-corrected chi connectivity index (χ1v) is 6.77. The number of nitrogens with zero attached hydrogens (tertiary/aromatic N) is 2. The Morgan fingerprint density at radius 2 is 2.37 bits per heavy atom. The number of nitriles is 1. The van der Waals surface area contributed by atoms with Crippen molar-refractivity contribution in [3.05, 3.63) is 35.1 Å². The average molecular weight is 261 g/mol. The van der Waals surface area contributed by atoms with E-state index < -0.39 is 5.82 Å². The Kier molecular flexibility index (Phi) is 4.89. The molecular weight excluding hydrogens is 241 g/mol. The van der Waals surface area contributed by atoms with Gasteiger partial charge in [-0.2, -0.15) is 5.26 Å². The van der Waals surface area contributed by atoms with Crippen molar-refractivity contribution in [2.45, 2.75) is 19.4 Å². The lowest BCUT2D eigenvalue weighted by atomic mass is 9.98. The fourth-order valence-corrected chi connectivity index (χ4v) is 2.63. The minimum atomic E-state index is -0.444. The summed E-state index contributed by atoms with van der Waals surface area (Å²) in [5, 5.41) is 12.2. The first kappa shape index (κ1) is 14.0. The van der Waals surface area contributed by atoms with Crippen molar-refractivity contribution in [1.29, 1.82) is 5.26 Å². The Hall–Kier alpha value is -1.44. The van der Waals surface area contributed by atoms with Crippen LogP contribution in [0, 0.1) is 23.1 Å². The Morgan fingerprint density at radius 3 is 3.11 bits per heavy atom. The van der Waals surface area contributed by atoms with Crippen molar-refractivity contribution in [3.8, 4) is 6.07 Å². The summed E-state index contributed by atoms with van der Waals surface area (Å²) in [7, 11) is 2.16. The van der Waals surface area contributed by atoms with Gasteiger partial charge in [0.05, 0.1) is 5.56 Å². The third-order valence-electron chi connectivity index (χ3n) is 3.64. The summed E-state index contributed by atoms with van der Waals surface area (Å²) in [5.41, 5.74) is 1.08. The van der Waals surface area contributed by atoms with Gasteiger partial charge in [0.15, 0.2) is 0 Å². The molecule has 1 heterocycles. The third-order valence-corrected chi connectivity index (χ3v) is 3.64. The van der Waals surface area contributed by atoms with Gasteiger partial charge in [0.2, 0.25) is 0 Å². The summed E-state index contributed by atoms with van der Waals surface area (Å²) in [6.07, 6.45) is 2.53. The molecule has 102 valence electrons. The zero-order valence-corrected chi connectivity index (χ0v) is 11.3. The number of hydrogen-bond donors (Lipinski definition) is 1. The van der Waals surface area contributed by atoms with Crippen LogP contribution in [0.1, 0.15) is 24.0 Å². The second-order valence-electron chi connectivity index (χ2n) is 5.33. The highest BCUT2D eigenvalue weighted by Crippen LogP contribution is 2.14. The first-order valence-electron chi connectivity index (χ1n) is 6.77. The van der Waals surface area contributed by atoms with Crippen LogP contribution in [0.4, 0.5) is 4.39 Å². The molecular formula is C15H20FN3.